The number of methoxy groups -OCH3 is 1. The topological polar surface area (TPSA) is 323 Å². The summed E-state index contributed by atoms with van der Waals surface area (Å²) in [6, 6.07) is -0.977. The van der Waals surface area contributed by atoms with Gasteiger partial charge in [-0.2, -0.15) is 0 Å². The lowest BCUT2D eigenvalue weighted by atomic mass is 9.94. The molecule has 4 aliphatic heterocycles. The molecular weight excluding hydrogens is 776 g/mol. The maximum atomic E-state index is 12.6. The van der Waals surface area contributed by atoms with Crippen molar-refractivity contribution in [2.45, 2.75) is 202 Å². The van der Waals surface area contributed by atoms with Crippen LogP contribution in [0.5, 0.6) is 0 Å². The fourth-order valence-corrected chi connectivity index (χ4v) is 7.38. The first-order chi connectivity index (χ1) is 27.3. The first-order valence-corrected chi connectivity index (χ1v) is 19.8. The van der Waals surface area contributed by atoms with E-state index in [0.29, 0.717) is 19.4 Å². The predicted molar refractivity (Wildman–Crippen MR) is 196 cm³/mol. The van der Waals surface area contributed by atoms with Crippen molar-refractivity contribution in [3.8, 4) is 0 Å². The molecule has 0 unspecified atom stereocenters. The average molecular weight is 841 g/mol. The van der Waals surface area contributed by atoms with Gasteiger partial charge in [0.1, 0.15) is 67.1 Å². The zero-order valence-electron chi connectivity index (χ0n) is 34.0. The smallest absolute Gasteiger partial charge is 0.223 e. The summed E-state index contributed by atoms with van der Waals surface area (Å²) in [5.41, 5.74) is 7.12. The highest BCUT2D eigenvalue weighted by molar-refractivity contribution is 5.77. The Kier molecular flexibility index (Phi) is 18.3. The van der Waals surface area contributed by atoms with E-state index >= 15 is 0 Å². The molecule has 20 atom stereocenters. The number of ether oxygens (including phenoxy) is 9. The Morgan fingerprint density at radius 2 is 1.16 bits per heavy atom. The fourth-order valence-electron chi connectivity index (χ4n) is 7.38. The van der Waals surface area contributed by atoms with Gasteiger partial charge in [-0.1, -0.05) is 18.0 Å². The van der Waals surface area contributed by atoms with Gasteiger partial charge in [-0.15, -0.1) is 0 Å². The third-order valence-corrected chi connectivity index (χ3v) is 10.7. The van der Waals surface area contributed by atoms with Gasteiger partial charge < -0.3 is 88.8 Å². The fraction of sp³-hybridized carbons (Fsp3) is 0.972. The van der Waals surface area contributed by atoms with Gasteiger partial charge in [-0.05, 0) is 59.9 Å². The van der Waals surface area contributed by atoms with Crippen LogP contribution in [-0.2, 0) is 47.4 Å². The molecule has 22 nitrogen and oxygen atoms in total. The highest BCUT2D eigenvalue weighted by atomic mass is 16.8. The maximum absolute atomic E-state index is 12.6. The number of azide groups is 1. The van der Waals surface area contributed by atoms with Crippen molar-refractivity contribution in [1.82, 2.24) is 5.32 Å². The van der Waals surface area contributed by atoms with E-state index in [1.165, 1.54) is 34.8 Å². The number of carbonyl (C=O) groups excluding carboxylic acids is 1. The van der Waals surface area contributed by atoms with Crippen molar-refractivity contribution < 1.29 is 88.3 Å². The summed E-state index contributed by atoms with van der Waals surface area (Å²) >= 11 is 0. The number of carbonyl (C=O) groups is 1. The lowest BCUT2D eigenvalue weighted by Crippen LogP contribution is -2.67. The highest BCUT2D eigenvalue weighted by Crippen LogP contribution is 2.35. The second-order valence-electron chi connectivity index (χ2n) is 16.1. The Morgan fingerprint density at radius 1 is 0.655 bits per heavy atom. The van der Waals surface area contributed by atoms with E-state index in [9.17, 15) is 45.6 Å². The van der Waals surface area contributed by atoms with Crippen LogP contribution in [0.2, 0.25) is 0 Å². The molecule has 0 bridgehead atoms. The van der Waals surface area contributed by atoms with Crippen LogP contribution in [-0.4, -0.2) is 195 Å². The van der Waals surface area contributed by atoms with Crippen LogP contribution in [0.25, 0.3) is 10.4 Å². The lowest BCUT2D eigenvalue weighted by molar-refractivity contribution is -0.387. The molecule has 4 aliphatic rings. The van der Waals surface area contributed by atoms with Crippen LogP contribution >= 0.6 is 0 Å². The number of unbranched alkanes of at least 4 members (excludes halogenated alkanes) is 3. The predicted octanol–water partition coefficient (Wildman–Crippen LogP) is -1.80. The third kappa shape index (κ3) is 12.4. The second-order valence-corrected chi connectivity index (χ2v) is 16.1. The number of rotatable bonds is 18. The molecule has 4 saturated heterocycles. The molecule has 0 radical (unpaired) electrons. The molecule has 0 aliphatic carbocycles. The summed E-state index contributed by atoms with van der Waals surface area (Å²) in [5, 5.41) is 94.3. The van der Waals surface area contributed by atoms with Crippen LogP contribution in [0, 0.1) is 0 Å². The van der Waals surface area contributed by atoms with Gasteiger partial charge >= 0.3 is 0 Å². The zero-order chi connectivity index (χ0) is 43.1. The summed E-state index contributed by atoms with van der Waals surface area (Å²) < 4.78 is 52.7. The van der Waals surface area contributed by atoms with Crippen LogP contribution in [0.3, 0.4) is 0 Å². The van der Waals surface area contributed by atoms with Crippen molar-refractivity contribution in [2.75, 3.05) is 20.3 Å². The molecular formula is C36H64N4O18. The molecule has 9 N–H and O–H groups in total. The quantitative estimate of drug-likeness (QED) is 0.0318. The first kappa shape index (κ1) is 48.8. The number of hydrogen-bond acceptors (Lipinski definition) is 19. The summed E-state index contributed by atoms with van der Waals surface area (Å²) in [6.07, 6.45) is -23.6. The van der Waals surface area contributed by atoms with Gasteiger partial charge in [-0.25, -0.2) is 0 Å². The summed E-state index contributed by atoms with van der Waals surface area (Å²) in [5.74, 6) is -0.545. The van der Waals surface area contributed by atoms with Crippen molar-refractivity contribution in [3.63, 3.8) is 0 Å². The van der Waals surface area contributed by atoms with Crippen molar-refractivity contribution >= 4 is 5.91 Å². The molecule has 0 aromatic rings. The number of aliphatic hydroxyl groups is 8. The molecule has 22 heteroatoms. The van der Waals surface area contributed by atoms with Crippen molar-refractivity contribution in [1.29, 1.82) is 0 Å². The minimum atomic E-state index is -1.79. The number of hydrogen-bond donors (Lipinski definition) is 9. The summed E-state index contributed by atoms with van der Waals surface area (Å²) in [6.45, 7) is 9.55. The van der Waals surface area contributed by atoms with Gasteiger partial charge in [0.2, 0.25) is 5.91 Å². The Labute approximate surface area is 337 Å². The molecule has 4 rings (SSSR count). The number of nitrogens with one attached hydrogen (secondary N) is 1. The Hall–Kier alpha value is -1.90. The molecule has 0 aromatic heterocycles. The zero-order valence-corrected chi connectivity index (χ0v) is 34.0. The van der Waals surface area contributed by atoms with Gasteiger partial charge in [0.15, 0.2) is 25.2 Å². The molecule has 0 spiro atoms. The van der Waals surface area contributed by atoms with E-state index in [4.69, 9.17) is 48.2 Å². The monoisotopic (exact) mass is 840 g/mol. The van der Waals surface area contributed by atoms with Crippen LogP contribution < -0.4 is 5.32 Å². The standard InChI is InChI=1S/C36H64N4O18/c1-15-20(39-19(41)14-36(5,6)49)24(45)30(50-7)35(52-15)57-29-23(44)18(4)53-32(27(29)48)56-28-22(43)17(3)54-33(26(28)47)58-31-25(46)21(42)16(2)55-34(31)51-13-11-9-8-10-12-38-40-37/h15-18,20-35,42-49H,8-14H2,1-7H3,(H,39,41)/t15-,16+,17+,18+,20-,21+,22+,23+,24+,25-,26-,27-,28-,29-,30-,31-,32+,33+,34-,35+/m1/s1. The minimum absolute atomic E-state index is 0.190. The van der Waals surface area contributed by atoms with Crippen LogP contribution in [0.15, 0.2) is 5.11 Å². The average Bonchev–Trinajstić information content (AvgIpc) is 3.15. The molecule has 58 heavy (non-hydrogen) atoms. The molecule has 0 aromatic carbocycles. The van der Waals surface area contributed by atoms with Crippen molar-refractivity contribution in [2.24, 2.45) is 5.11 Å². The number of amides is 1. The van der Waals surface area contributed by atoms with E-state index in [-0.39, 0.29) is 13.0 Å². The summed E-state index contributed by atoms with van der Waals surface area (Å²) in [4.78, 5) is 15.3. The Balaban J connectivity index is 1.43. The Bertz CT molecular complexity index is 1330. The largest absolute Gasteiger partial charge is 0.390 e. The van der Waals surface area contributed by atoms with Gasteiger partial charge in [0.05, 0.1) is 42.5 Å². The van der Waals surface area contributed by atoms with Gasteiger partial charge in [-0.3, -0.25) is 4.79 Å². The summed E-state index contributed by atoms with van der Waals surface area (Å²) in [7, 11) is 1.27. The lowest BCUT2D eigenvalue weighted by Gasteiger charge is -2.49. The number of nitrogens with zero attached hydrogens (tertiary/aromatic N) is 3. The van der Waals surface area contributed by atoms with Crippen LogP contribution in [0.1, 0.15) is 73.6 Å². The van der Waals surface area contributed by atoms with E-state index in [1.54, 1.807) is 13.8 Å². The van der Waals surface area contributed by atoms with E-state index in [2.05, 4.69) is 15.3 Å². The van der Waals surface area contributed by atoms with Crippen molar-refractivity contribution in [3.05, 3.63) is 10.4 Å². The molecule has 4 fully saturated rings. The van der Waals surface area contributed by atoms with Crippen LogP contribution in [0.4, 0.5) is 0 Å². The van der Waals surface area contributed by atoms with Gasteiger partial charge in [0.25, 0.3) is 0 Å². The molecule has 1 amide bonds. The maximum Gasteiger partial charge on any atom is 0.223 e. The molecule has 336 valence electrons. The molecule has 4 heterocycles. The first-order valence-electron chi connectivity index (χ1n) is 19.8. The molecule has 0 saturated carbocycles. The number of aliphatic hydroxyl groups excluding tert-OH is 7. The Morgan fingerprint density at radius 3 is 1.71 bits per heavy atom. The minimum Gasteiger partial charge on any atom is -0.390 e. The van der Waals surface area contributed by atoms with E-state index in [0.717, 1.165) is 12.8 Å². The SMILES string of the molecule is CO[C@H]1[C@H](O[C@@H]2[C@@H](O)[C@H](C)O[C@@H](O[C@@H]3[C@@H](O)[C@H](C)O[C@@H](O[C@H]4[C@H](OCCCCCCN=[N+]=[N-])O[C@@H](C)[C@H](O)[C@H]4O)[C@@H]3O)[C@@H]2O)O[C@H](C)[C@@H](NC(=O)CC(C)(C)O)[C@@H]1O. The third-order valence-electron chi connectivity index (χ3n) is 10.7. The highest BCUT2D eigenvalue weighted by Gasteiger charge is 2.54. The van der Waals surface area contributed by atoms with E-state index in [1.807, 2.05) is 0 Å². The normalized spacial score (nSPS) is 43.7. The van der Waals surface area contributed by atoms with Gasteiger partial charge in [0, 0.05) is 25.2 Å². The van der Waals surface area contributed by atoms with E-state index < -0.39 is 134 Å². The second kappa shape index (κ2) is 21.8.